The van der Waals surface area contributed by atoms with Crippen LogP contribution in [0.2, 0.25) is 0 Å². The van der Waals surface area contributed by atoms with Crippen LogP contribution in [0.3, 0.4) is 0 Å². The molecule has 1 aliphatic rings. The zero-order chi connectivity index (χ0) is 18.7. The SMILES string of the molecule is CCCN(C)c1nc(-c2ccccc2)nc2c1CN(C(=O)C(C)Cl)CC2. The highest BCUT2D eigenvalue weighted by Gasteiger charge is 2.28. The van der Waals surface area contributed by atoms with E-state index < -0.39 is 5.38 Å². The summed E-state index contributed by atoms with van der Waals surface area (Å²) in [6, 6.07) is 10.0. The van der Waals surface area contributed by atoms with Crippen molar-refractivity contribution in [2.75, 3.05) is 25.0 Å². The van der Waals surface area contributed by atoms with Crippen molar-refractivity contribution >= 4 is 23.3 Å². The van der Waals surface area contributed by atoms with Crippen molar-refractivity contribution in [3.63, 3.8) is 0 Å². The summed E-state index contributed by atoms with van der Waals surface area (Å²) in [6.07, 6.45) is 1.75. The van der Waals surface area contributed by atoms with Crippen LogP contribution in [-0.2, 0) is 17.8 Å². The fraction of sp³-hybridized carbons (Fsp3) is 0.450. The molecule has 2 aromatic rings. The van der Waals surface area contributed by atoms with Gasteiger partial charge in [-0.3, -0.25) is 4.79 Å². The highest BCUT2D eigenvalue weighted by molar-refractivity contribution is 6.30. The molecule has 0 spiro atoms. The number of carbonyl (C=O) groups excluding carboxylic acids is 1. The third-order valence-electron chi connectivity index (χ3n) is 4.64. The lowest BCUT2D eigenvalue weighted by atomic mass is 10.0. The molecule has 2 heterocycles. The van der Waals surface area contributed by atoms with E-state index in [-0.39, 0.29) is 5.91 Å². The highest BCUT2D eigenvalue weighted by atomic mass is 35.5. The van der Waals surface area contributed by atoms with Crippen LogP contribution in [0, 0.1) is 0 Å². The van der Waals surface area contributed by atoms with Crippen molar-refractivity contribution in [1.29, 1.82) is 0 Å². The Kier molecular flexibility index (Phi) is 5.77. The van der Waals surface area contributed by atoms with E-state index in [2.05, 4.69) is 11.8 Å². The van der Waals surface area contributed by atoms with Crippen LogP contribution in [0.5, 0.6) is 0 Å². The number of rotatable bonds is 5. The number of aromatic nitrogens is 2. The van der Waals surface area contributed by atoms with Crippen LogP contribution in [-0.4, -0.2) is 46.3 Å². The maximum atomic E-state index is 12.3. The number of anilines is 1. The van der Waals surface area contributed by atoms with Crippen molar-refractivity contribution in [1.82, 2.24) is 14.9 Å². The van der Waals surface area contributed by atoms with Gasteiger partial charge in [-0.25, -0.2) is 9.97 Å². The maximum Gasteiger partial charge on any atom is 0.240 e. The van der Waals surface area contributed by atoms with Gasteiger partial charge in [-0.2, -0.15) is 0 Å². The average molecular weight is 373 g/mol. The van der Waals surface area contributed by atoms with Gasteiger partial charge in [-0.05, 0) is 13.3 Å². The summed E-state index contributed by atoms with van der Waals surface area (Å²) in [4.78, 5) is 26.0. The molecule has 0 N–H and O–H groups in total. The van der Waals surface area contributed by atoms with Gasteiger partial charge in [0.05, 0.1) is 12.2 Å². The number of carbonyl (C=O) groups is 1. The van der Waals surface area contributed by atoms with E-state index >= 15 is 0 Å². The van der Waals surface area contributed by atoms with Crippen molar-refractivity contribution in [2.24, 2.45) is 0 Å². The van der Waals surface area contributed by atoms with E-state index in [1.807, 2.05) is 42.3 Å². The molecular formula is C20H25ClN4O. The minimum absolute atomic E-state index is 0.0338. The second-order valence-electron chi connectivity index (χ2n) is 6.71. The standard InChI is InChI=1S/C20H25ClN4O/c1-4-11-24(3)19-16-13-25(20(26)14(2)21)12-10-17(16)22-18(23-19)15-8-6-5-7-9-15/h5-9,14H,4,10-13H2,1-3H3. The van der Waals surface area contributed by atoms with Gasteiger partial charge in [0.1, 0.15) is 11.2 Å². The Morgan fingerprint density at radius 2 is 2.04 bits per heavy atom. The molecule has 5 nitrogen and oxygen atoms in total. The van der Waals surface area contributed by atoms with Crippen LogP contribution < -0.4 is 4.90 Å². The van der Waals surface area contributed by atoms with E-state index in [0.29, 0.717) is 13.1 Å². The number of nitrogens with zero attached hydrogens (tertiary/aromatic N) is 4. The summed E-state index contributed by atoms with van der Waals surface area (Å²) in [6.45, 7) is 5.93. The van der Waals surface area contributed by atoms with Gasteiger partial charge in [0.15, 0.2) is 5.82 Å². The fourth-order valence-electron chi connectivity index (χ4n) is 3.31. The molecule has 0 bridgehead atoms. The first kappa shape index (κ1) is 18.6. The van der Waals surface area contributed by atoms with Crippen molar-refractivity contribution in [3.8, 4) is 11.4 Å². The lowest BCUT2D eigenvalue weighted by molar-refractivity contribution is -0.131. The molecule has 6 heteroatoms. The number of fused-ring (bicyclic) bond motifs is 1. The summed E-state index contributed by atoms with van der Waals surface area (Å²) in [5.41, 5.74) is 3.08. The smallest absolute Gasteiger partial charge is 0.240 e. The molecule has 1 amide bonds. The predicted molar refractivity (Wildman–Crippen MR) is 105 cm³/mol. The molecule has 0 aliphatic carbocycles. The Labute approximate surface area is 160 Å². The van der Waals surface area contributed by atoms with E-state index in [1.165, 1.54) is 0 Å². The number of halogens is 1. The molecule has 0 saturated carbocycles. The van der Waals surface area contributed by atoms with Gasteiger partial charge < -0.3 is 9.80 Å². The fourth-order valence-corrected chi connectivity index (χ4v) is 3.45. The van der Waals surface area contributed by atoms with Gasteiger partial charge in [-0.15, -0.1) is 11.6 Å². The Bertz CT molecular complexity index is 779. The van der Waals surface area contributed by atoms with E-state index in [1.54, 1.807) is 6.92 Å². The molecule has 138 valence electrons. The molecule has 1 aromatic heterocycles. The lowest BCUT2D eigenvalue weighted by Gasteiger charge is -2.32. The number of benzene rings is 1. The first-order chi connectivity index (χ1) is 12.5. The third kappa shape index (κ3) is 3.83. The third-order valence-corrected chi connectivity index (χ3v) is 4.83. The van der Waals surface area contributed by atoms with Crippen LogP contribution in [0.4, 0.5) is 5.82 Å². The summed E-state index contributed by atoms with van der Waals surface area (Å²) in [5, 5.41) is -0.516. The Morgan fingerprint density at radius 1 is 1.31 bits per heavy atom. The zero-order valence-electron chi connectivity index (χ0n) is 15.6. The largest absolute Gasteiger partial charge is 0.359 e. The molecule has 0 saturated heterocycles. The van der Waals surface area contributed by atoms with Crippen LogP contribution in [0.15, 0.2) is 30.3 Å². The van der Waals surface area contributed by atoms with E-state index in [4.69, 9.17) is 21.6 Å². The predicted octanol–water partition coefficient (Wildman–Crippen LogP) is 3.50. The second kappa shape index (κ2) is 8.04. The second-order valence-corrected chi connectivity index (χ2v) is 7.36. The van der Waals surface area contributed by atoms with Gasteiger partial charge >= 0.3 is 0 Å². The number of alkyl halides is 1. The summed E-state index contributed by atoms with van der Waals surface area (Å²) >= 11 is 6.01. The molecule has 1 aromatic carbocycles. The molecule has 1 aliphatic heterocycles. The molecule has 0 radical (unpaired) electrons. The van der Waals surface area contributed by atoms with Gasteiger partial charge in [-0.1, -0.05) is 37.3 Å². The van der Waals surface area contributed by atoms with E-state index in [9.17, 15) is 4.79 Å². The number of hydrogen-bond donors (Lipinski definition) is 0. The molecule has 1 atom stereocenters. The monoisotopic (exact) mass is 372 g/mol. The van der Waals surface area contributed by atoms with Gasteiger partial charge in [0, 0.05) is 37.7 Å². The Morgan fingerprint density at radius 3 is 2.69 bits per heavy atom. The lowest BCUT2D eigenvalue weighted by Crippen LogP contribution is -2.40. The summed E-state index contributed by atoms with van der Waals surface area (Å²) in [5.74, 6) is 1.62. The van der Waals surface area contributed by atoms with Crippen molar-refractivity contribution in [3.05, 3.63) is 41.6 Å². The van der Waals surface area contributed by atoms with Gasteiger partial charge in [0.2, 0.25) is 5.91 Å². The summed E-state index contributed by atoms with van der Waals surface area (Å²) in [7, 11) is 2.05. The van der Waals surface area contributed by atoms with Crippen molar-refractivity contribution in [2.45, 2.75) is 38.6 Å². The molecular weight excluding hydrogens is 348 g/mol. The Hall–Kier alpha value is -2.14. The molecule has 0 fully saturated rings. The van der Waals surface area contributed by atoms with E-state index in [0.717, 1.165) is 47.8 Å². The highest BCUT2D eigenvalue weighted by Crippen LogP contribution is 2.29. The zero-order valence-corrected chi connectivity index (χ0v) is 16.3. The molecule has 3 rings (SSSR count). The quantitative estimate of drug-likeness (QED) is 0.754. The first-order valence-corrected chi connectivity index (χ1v) is 9.54. The Balaban J connectivity index is 2.03. The maximum absolute atomic E-state index is 12.3. The van der Waals surface area contributed by atoms with Crippen molar-refractivity contribution < 1.29 is 4.79 Å². The first-order valence-electron chi connectivity index (χ1n) is 9.10. The van der Waals surface area contributed by atoms with Gasteiger partial charge in [0.25, 0.3) is 0 Å². The summed E-state index contributed by atoms with van der Waals surface area (Å²) < 4.78 is 0. The topological polar surface area (TPSA) is 49.3 Å². The van der Waals surface area contributed by atoms with Crippen LogP contribution >= 0.6 is 11.6 Å². The normalized spacial score (nSPS) is 14.7. The van der Waals surface area contributed by atoms with Crippen LogP contribution in [0.1, 0.15) is 31.5 Å². The molecule has 26 heavy (non-hydrogen) atoms. The minimum Gasteiger partial charge on any atom is -0.359 e. The average Bonchev–Trinajstić information content (AvgIpc) is 2.66. The number of amides is 1. The van der Waals surface area contributed by atoms with Crippen LogP contribution in [0.25, 0.3) is 11.4 Å². The minimum atomic E-state index is -0.516. The number of hydrogen-bond acceptors (Lipinski definition) is 4. The molecule has 1 unspecified atom stereocenters.